The number of sulfonamides is 1. The van der Waals surface area contributed by atoms with Crippen LogP contribution in [0.1, 0.15) is 6.42 Å². The van der Waals surface area contributed by atoms with Crippen LogP contribution in [-0.4, -0.2) is 30.7 Å². The summed E-state index contributed by atoms with van der Waals surface area (Å²) < 4.78 is 27.0. The van der Waals surface area contributed by atoms with Gasteiger partial charge in [-0.2, -0.15) is 4.31 Å². The van der Waals surface area contributed by atoms with Crippen molar-refractivity contribution in [3.05, 3.63) is 46.5 Å². The van der Waals surface area contributed by atoms with Gasteiger partial charge in [-0.1, -0.05) is 18.2 Å². The maximum atomic E-state index is 12.8. The van der Waals surface area contributed by atoms with Crippen LogP contribution in [0.15, 0.2) is 41.3 Å². The van der Waals surface area contributed by atoms with Crippen molar-refractivity contribution < 1.29 is 13.3 Å². The Labute approximate surface area is 128 Å². The molecule has 1 saturated carbocycles. The number of fused-ring (bicyclic) bond motifs is 5. The van der Waals surface area contributed by atoms with Crippen LogP contribution in [0.2, 0.25) is 0 Å². The van der Waals surface area contributed by atoms with E-state index in [9.17, 15) is 18.5 Å². The van der Waals surface area contributed by atoms with Gasteiger partial charge in [-0.05, 0) is 36.2 Å². The summed E-state index contributed by atoms with van der Waals surface area (Å²) in [5.41, 5.74) is -0.192. The summed E-state index contributed by atoms with van der Waals surface area (Å²) in [4.78, 5) is 10.3. The Kier molecular flexibility index (Phi) is 2.93. The lowest BCUT2D eigenvalue weighted by molar-refractivity contribution is -0.385. The number of nitrogens with zero attached hydrogens (tertiary/aromatic N) is 2. The van der Waals surface area contributed by atoms with Gasteiger partial charge in [0, 0.05) is 25.2 Å². The Balaban J connectivity index is 1.63. The molecule has 1 aromatic carbocycles. The zero-order chi connectivity index (χ0) is 15.5. The summed E-state index contributed by atoms with van der Waals surface area (Å²) >= 11 is 0. The summed E-state index contributed by atoms with van der Waals surface area (Å²) in [6.45, 7) is 1.06. The van der Waals surface area contributed by atoms with Gasteiger partial charge in [0.2, 0.25) is 10.0 Å². The van der Waals surface area contributed by atoms with E-state index in [4.69, 9.17) is 0 Å². The van der Waals surface area contributed by atoms with Gasteiger partial charge in [0.05, 0.1) is 9.82 Å². The van der Waals surface area contributed by atoms with Gasteiger partial charge < -0.3 is 0 Å². The monoisotopic (exact) mass is 320 g/mol. The number of nitro groups is 1. The molecular weight excluding hydrogens is 304 g/mol. The SMILES string of the molecule is O=[N+]([O-])c1cccc(S(=O)(=O)N2C[C@@H]3[C@@H](C2)[C@H]2C=C[C@H]3C2)c1. The van der Waals surface area contributed by atoms with Gasteiger partial charge in [-0.25, -0.2) is 8.42 Å². The van der Waals surface area contributed by atoms with Crippen molar-refractivity contribution in [2.24, 2.45) is 23.7 Å². The quantitative estimate of drug-likeness (QED) is 0.485. The molecule has 1 aromatic rings. The number of benzene rings is 1. The Morgan fingerprint density at radius 2 is 1.77 bits per heavy atom. The molecular formula is C15H16N2O4S. The molecule has 6 nitrogen and oxygen atoms in total. The third-order valence-electron chi connectivity index (χ3n) is 5.29. The van der Waals surface area contributed by atoms with Crippen molar-refractivity contribution in [3.63, 3.8) is 0 Å². The second-order valence-electron chi connectivity index (χ2n) is 6.35. The van der Waals surface area contributed by atoms with Gasteiger partial charge in [-0.3, -0.25) is 10.1 Å². The molecule has 0 spiro atoms. The first-order chi connectivity index (χ1) is 10.5. The third-order valence-corrected chi connectivity index (χ3v) is 7.12. The topological polar surface area (TPSA) is 80.5 Å². The van der Waals surface area contributed by atoms with Crippen LogP contribution < -0.4 is 0 Å². The average Bonchev–Trinajstić information content (AvgIpc) is 3.19. The Bertz CT molecular complexity index is 754. The van der Waals surface area contributed by atoms with Gasteiger partial charge >= 0.3 is 0 Å². The molecule has 1 heterocycles. The number of rotatable bonds is 3. The lowest BCUT2D eigenvalue weighted by Crippen LogP contribution is -2.30. The maximum Gasteiger partial charge on any atom is 0.270 e. The molecule has 0 N–H and O–H groups in total. The smallest absolute Gasteiger partial charge is 0.258 e. The number of hydrogen-bond acceptors (Lipinski definition) is 4. The van der Waals surface area contributed by atoms with Crippen molar-refractivity contribution in [2.45, 2.75) is 11.3 Å². The van der Waals surface area contributed by atoms with Gasteiger partial charge in [0.25, 0.3) is 5.69 Å². The number of allylic oxidation sites excluding steroid dienone is 2. The predicted octanol–water partition coefficient (Wildman–Crippen LogP) is 2.04. The molecule has 4 atom stereocenters. The molecule has 0 amide bonds. The maximum absolute atomic E-state index is 12.8. The lowest BCUT2D eigenvalue weighted by Gasteiger charge is -2.18. The van der Waals surface area contributed by atoms with Crippen LogP contribution in [0.25, 0.3) is 0 Å². The number of nitro benzene ring substituents is 1. The third kappa shape index (κ3) is 1.92. The molecule has 0 aromatic heterocycles. The lowest BCUT2D eigenvalue weighted by atomic mass is 9.86. The highest BCUT2D eigenvalue weighted by atomic mass is 32.2. The highest BCUT2D eigenvalue weighted by Gasteiger charge is 2.51. The van der Waals surface area contributed by atoms with Crippen LogP contribution in [0, 0.1) is 33.8 Å². The molecule has 2 bridgehead atoms. The van der Waals surface area contributed by atoms with E-state index >= 15 is 0 Å². The predicted molar refractivity (Wildman–Crippen MR) is 79.6 cm³/mol. The molecule has 7 heteroatoms. The van der Waals surface area contributed by atoms with Crippen molar-refractivity contribution in [2.75, 3.05) is 13.1 Å². The second-order valence-corrected chi connectivity index (χ2v) is 8.29. The normalized spacial score (nSPS) is 33.3. The molecule has 0 unspecified atom stereocenters. The molecule has 2 fully saturated rings. The Morgan fingerprint density at radius 1 is 1.14 bits per heavy atom. The fourth-order valence-electron chi connectivity index (χ4n) is 4.22. The first kappa shape index (κ1) is 13.9. The van der Waals surface area contributed by atoms with Crippen LogP contribution in [0.5, 0.6) is 0 Å². The van der Waals surface area contributed by atoms with E-state index in [1.54, 1.807) is 0 Å². The van der Waals surface area contributed by atoms with Crippen LogP contribution >= 0.6 is 0 Å². The molecule has 4 rings (SSSR count). The fraction of sp³-hybridized carbons (Fsp3) is 0.467. The molecule has 116 valence electrons. The van der Waals surface area contributed by atoms with Crippen LogP contribution in [0.4, 0.5) is 5.69 Å². The summed E-state index contributed by atoms with van der Waals surface area (Å²) in [6, 6.07) is 5.31. The summed E-state index contributed by atoms with van der Waals surface area (Å²) in [6.07, 6.45) is 5.59. The first-order valence-electron chi connectivity index (χ1n) is 7.40. The molecule has 1 saturated heterocycles. The van der Waals surface area contributed by atoms with Crippen molar-refractivity contribution in [3.8, 4) is 0 Å². The molecule has 3 aliphatic rings. The van der Waals surface area contributed by atoms with E-state index in [0.29, 0.717) is 36.8 Å². The molecule has 22 heavy (non-hydrogen) atoms. The average molecular weight is 320 g/mol. The van der Waals surface area contributed by atoms with Gasteiger partial charge in [0.1, 0.15) is 0 Å². The van der Waals surface area contributed by atoms with Crippen molar-refractivity contribution in [1.29, 1.82) is 0 Å². The van der Waals surface area contributed by atoms with E-state index < -0.39 is 14.9 Å². The zero-order valence-corrected chi connectivity index (χ0v) is 12.6. The Morgan fingerprint density at radius 3 is 2.36 bits per heavy atom. The number of non-ortho nitro benzene ring substituents is 1. The highest BCUT2D eigenvalue weighted by molar-refractivity contribution is 7.89. The summed E-state index contributed by atoms with van der Waals surface area (Å²) in [5.74, 6) is 1.81. The zero-order valence-electron chi connectivity index (χ0n) is 11.8. The van der Waals surface area contributed by atoms with E-state index in [1.807, 2.05) is 0 Å². The first-order valence-corrected chi connectivity index (χ1v) is 8.84. The van der Waals surface area contributed by atoms with Gasteiger partial charge in [-0.15, -0.1) is 0 Å². The van der Waals surface area contributed by atoms with Crippen LogP contribution in [-0.2, 0) is 10.0 Å². The minimum atomic E-state index is -3.65. The van der Waals surface area contributed by atoms with E-state index in [-0.39, 0.29) is 10.6 Å². The van der Waals surface area contributed by atoms with E-state index in [1.165, 1.54) is 22.5 Å². The minimum absolute atomic E-state index is 0.0157. The summed E-state index contributed by atoms with van der Waals surface area (Å²) in [5, 5.41) is 10.8. The largest absolute Gasteiger partial charge is 0.270 e. The second kappa shape index (κ2) is 4.63. The highest BCUT2D eigenvalue weighted by Crippen LogP contribution is 2.52. The van der Waals surface area contributed by atoms with Crippen LogP contribution in [0.3, 0.4) is 0 Å². The summed E-state index contributed by atoms with van der Waals surface area (Å²) in [7, 11) is -3.65. The Hall–Kier alpha value is -1.73. The van der Waals surface area contributed by atoms with E-state index in [2.05, 4.69) is 12.2 Å². The van der Waals surface area contributed by atoms with Gasteiger partial charge in [0.15, 0.2) is 0 Å². The molecule has 2 aliphatic carbocycles. The number of hydrogen-bond donors (Lipinski definition) is 0. The standard InChI is InChI=1S/C15H16N2O4S/c18-17(19)12-2-1-3-13(7-12)22(20,21)16-8-14-10-4-5-11(6-10)15(14)9-16/h1-5,7,10-11,14-15H,6,8-9H2/t10-,11-,14-,15-/m0/s1. The fourth-order valence-corrected chi connectivity index (χ4v) is 5.77. The van der Waals surface area contributed by atoms with Crippen molar-refractivity contribution in [1.82, 2.24) is 4.31 Å². The molecule has 0 radical (unpaired) electrons. The van der Waals surface area contributed by atoms with E-state index in [0.717, 1.165) is 12.5 Å². The minimum Gasteiger partial charge on any atom is -0.258 e. The molecule has 1 aliphatic heterocycles. The van der Waals surface area contributed by atoms with Crippen molar-refractivity contribution >= 4 is 15.7 Å².